The van der Waals surface area contributed by atoms with Crippen LogP contribution in [0.3, 0.4) is 0 Å². The van der Waals surface area contributed by atoms with E-state index in [4.69, 9.17) is 9.47 Å². The van der Waals surface area contributed by atoms with E-state index in [-0.39, 0.29) is 11.2 Å². The Kier molecular flexibility index (Phi) is 1.77. The summed E-state index contributed by atoms with van der Waals surface area (Å²) in [7, 11) is 0. The van der Waals surface area contributed by atoms with E-state index in [1.807, 2.05) is 27.7 Å². The van der Waals surface area contributed by atoms with Gasteiger partial charge in [-0.25, -0.2) is 0 Å². The van der Waals surface area contributed by atoms with E-state index in [0.29, 0.717) is 13.2 Å². The van der Waals surface area contributed by atoms with E-state index in [9.17, 15) is 0 Å². The van der Waals surface area contributed by atoms with E-state index in [2.05, 4.69) is 0 Å². The van der Waals surface area contributed by atoms with Gasteiger partial charge in [0.25, 0.3) is 0 Å². The highest BCUT2D eigenvalue weighted by Crippen LogP contribution is 2.23. The molecule has 0 radical (unpaired) electrons. The van der Waals surface area contributed by atoms with E-state index in [0.717, 1.165) is 0 Å². The second kappa shape index (κ2) is 2.21. The Bertz CT molecular complexity index is 99.2. The smallest absolute Gasteiger partial charge is 0.0860 e. The van der Waals surface area contributed by atoms with Crippen molar-refractivity contribution in [1.82, 2.24) is 0 Å². The number of rotatable bonds is 0. The predicted octanol–water partition coefficient (Wildman–Crippen LogP) is 1.59. The molecule has 2 heteroatoms. The van der Waals surface area contributed by atoms with Crippen LogP contribution in [0.4, 0.5) is 0 Å². The normalized spacial score (nSPS) is 30.0. The van der Waals surface area contributed by atoms with Gasteiger partial charge in [-0.3, -0.25) is 0 Å². The van der Waals surface area contributed by atoms with Gasteiger partial charge < -0.3 is 9.47 Å². The van der Waals surface area contributed by atoms with Crippen molar-refractivity contribution in [3.63, 3.8) is 0 Å². The summed E-state index contributed by atoms with van der Waals surface area (Å²) in [5, 5.41) is 0. The summed E-state index contributed by atoms with van der Waals surface area (Å²) in [6, 6.07) is 0. The molecule has 0 atom stereocenters. The summed E-state index contributed by atoms with van der Waals surface area (Å²) in [6.45, 7) is 9.56. The Morgan fingerprint density at radius 2 is 1.10 bits per heavy atom. The maximum atomic E-state index is 5.56. The van der Waals surface area contributed by atoms with Gasteiger partial charge in [-0.05, 0) is 27.7 Å². The summed E-state index contributed by atoms with van der Waals surface area (Å²) in [5.41, 5.74) is -0.176. The molecule has 1 saturated heterocycles. The lowest BCUT2D eigenvalue weighted by atomic mass is 10.1. The molecule has 0 amide bonds. The first-order chi connectivity index (χ1) is 4.41. The minimum Gasteiger partial charge on any atom is -0.370 e. The second-order valence-electron chi connectivity index (χ2n) is 4.10. The summed E-state index contributed by atoms with van der Waals surface area (Å²) in [4.78, 5) is 0. The number of hydrogen-bond acceptors (Lipinski definition) is 2. The van der Waals surface area contributed by atoms with Crippen LogP contribution in [0.5, 0.6) is 0 Å². The van der Waals surface area contributed by atoms with E-state index in [1.165, 1.54) is 0 Å². The SMILES string of the molecule is CC1(C)COC(C)(C)CO1. The average molecular weight is 144 g/mol. The van der Waals surface area contributed by atoms with Gasteiger partial charge in [0.05, 0.1) is 24.4 Å². The monoisotopic (exact) mass is 144 g/mol. The maximum absolute atomic E-state index is 5.56. The quantitative estimate of drug-likeness (QED) is 0.514. The summed E-state index contributed by atoms with van der Waals surface area (Å²) in [6.07, 6.45) is 0. The van der Waals surface area contributed by atoms with Crippen LogP contribution < -0.4 is 0 Å². The van der Waals surface area contributed by atoms with Crippen molar-refractivity contribution in [3.8, 4) is 0 Å². The topological polar surface area (TPSA) is 18.5 Å². The summed E-state index contributed by atoms with van der Waals surface area (Å²) in [5.74, 6) is 0. The van der Waals surface area contributed by atoms with Gasteiger partial charge in [0, 0.05) is 0 Å². The largest absolute Gasteiger partial charge is 0.370 e. The Morgan fingerprint density at radius 3 is 1.30 bits per heavy atom. The lowest BCUT2D eigenvalue weighted by Crippen LogP contribution is -2.47. The fourth-order valence-corrected chi connectivity index (χ4v) is 0.822. The molecule has 0 aliphatic carbocycles. The molecule has 0 unspecified atom stereocenters. The highest BCUT2D eigenvalue weighted by atomic mass is 16.6. The van der Waals surface area contributed by atoms with Gasteiger partial charge in [-0.1, -0.05) is 0 Å². The molecule has 1 heterocycles. The van der Waals surface area contributed by atoms with Crippen LogP contribution in [0.15, 0.2) is 0 Å². The van der Waals surface area contributed by atoms with Crippen LogP contribution in [0.1, 0.15) is 27.7 Å². The molecular formula is C8H16O2. The first kappa shape index (κ1) is 8.02. The third-order valence-corrected chi connectivity index (χ3v) is 1.62. The van der Waals surface area contributed by atoms with Gasteiger partial charge >= 0.3 is 0 Å². The van der Waals surface area contributed by atoms with Crippen molar-refractivity contribution in [3.05, 3.63) is 0 Å². The molecule has 2 nitrogen and oxygen atoms in total. The molecule has 0 N–H and O–H groups in total. The van der Waals surface area contributed by atoms with Crippen molar-refractivity contribution < 1.29 is 9.47 Å². The zero-order valence-corrected chi connectivity index (χ0v) is 7.23. The van der Waals surface area contributed by atoms with Crippen molar-refractivity contribution >= 4 is 0 Å². The molecule has 0 aromatic carbocycles. The van der Waals surface area contributed by atoms with Crippen LogP contribution in [-0.2, 0) is 9.47 Å². The Labute approximate surface area is 62.5 Å². The summed E-state index contributed by atoms with van der Waals surface area (Å²) < 4.78 is 11.1. The maximum Gasteiger partial charge on any atom is 0.0860 e. The lowest BCUT2D eigenvalue weighted by Gasteiger charge is -2.39. The van der Waals surface area contributed by atoms with E-state index in [1.54, 1.807) is 0 Å². The van der Waals surface area contributed by atoms with Crippen LogP contribution in [0.25, 0.3) is 0 Å². The Morgan fingerprint density at radius 1 is 0.800 bits per heavy atom. The molecule has 60 valence electrons. The fourth-order valence-electron chi connectivity index (χ4n) is 0.822. The van der Waals surface area contributed by atoms with Crippen LogP contribution in [-0.4, -0.2) is 24.4 Å². The Hall–Kier alpha value is -0.0800. The van der Waals surface area contributed by atoms with Gasteiger partial charge in [0.15, 0.2) is 0 Å². The van der Waals surface area contributed by atoms with E-state index >= 15 is 0 Å². The average Bonchev–Trinajstić information content (AvgIpc) is 1.79. The molecule has 0 aromatic heterocycles. The summed E-state index contributed by atoms with van der Waals surface area (Å²) >= 11 is 0. The molecule has 1 rings (SSSR count). The van der Waals surface area contributed by atoms with Crippen LogP contribution in [0.2, 0.25) is 0 Å². The third-order valence-electron chi connectivity index (χ3n) is 1.62. The second-order valence-corrected chi connectivity index (χ2v) is 4.10. The first-order valence-electron chi connectivity index (χ1n) is 3.69. The third kappa shape index (κ3) is 1.96. The predicted molar refractivity (Wildman–Crippen MR) is 40.1 cm³/mol. The molecule has 10 heavy (non-hydrogen) atoms. The van der Waals surface area contributed by atoms with Crippen molar-refractivity contribution in [1.29, 1.82) is 0 Å². The van der Waals surface area contributed by atoms with Crippen LogP contribution in [0, 0.1) is 0 Å². The lowest BCUT2D eigenvalue weighted by molar-refractivity contribution is -0.209. The molecule has 1 aliphatic heterocycles. The molecule has 0 bridgehead atoms. The van der Waals surface area contributed by atoms with Crippen molar-refractivity contribution in [2.45, 2.75) is 38.9 Å². The van der Waals surface area contributed by atoms with Crippen molar-refractivity contribution in [2.24, 2.45) is 0 Å². The number of ether oxygens (including phenoxy) is 2. The van der Waals surface area contributed by atoms with Crippen molar-refractivity contribution in [2.75, 3.05) is 13.2 Å². The molecule has 1 aliphatic rings. The van der Waals surface area contributed by atoms with Gasteiger partial charge in [-0.2, -0.15) is 0 Å². The molecule has 0 aromatic rings. The molecular weight excluding hydrogens is 128 g/mol. The molecule has 0 saturated carbocycles. The highest BCUT2D eigenvalue weighted by molar-refractivity contribution is 4.79. The first-order valence-corrected chi connectivity index (χ1v) is 3.69. The van der Waals surface area contributed by atoms with Gasteiger partial charge in [0.2, 0.25) is 0 Å². The van der Waals surface area contributed by atoms with Gasteiger partial charge in [-0.15, -0.1) is 0 Å². The Balaban J connectivity index is 2.46. The number of hydrogen-bond donors (Lipinski definition) is 0. The standard InChI is InChI=1S/C8H16O2/c1-7(2)5-10-8(3,4)6-9-7/h5-6H2,1-4H3. The van der Waals surface area contributed by atoms with Crippen LogP contribution >= 0.6 is 0 Å². The minimum absolute atomic E-state index is 0.0878. The molecule has 0 spiro atoms. The minimum atomic E-state index is -0.0878. The fraction of sp³-hybridized carbons (Fsp3) is 1.00. The highest BCUT2D eigenvalue weighted by Gasteiger charge is 2.32. The van der Waals surface area contributed by atoms with E-state index < -0.39 is 0 Å². The molecule has 1 fully saturated rings. The van der Waals surface area contributed by atoms with Gasteiger partial charge in [0.1, 0.15) is 0 Å². The zero-order chi connectivity index (χ0) is 7.83. The zero-order valence-electron chi connectivity index (χ0n) is 7.23.